The van der Waals surface area contributed by atoms with Gasteiger partial charge >= 0.3 is 11.6 Å². The first kappa shape index (κ1) is 45.8. The van der Waals surface area contributed by atoms with Crippen LogP contribution in [0.2, 0.25) is 0 Å². The average Bonchev–Trinajstić information content (AvgIpc) is 3.24. The summed E-state index contributed by atoms with van der Waals surface area (Å²) in [4.78, 5) is 91.7. The molecule has 1 heterocycles. The predicted octanol–water partition coefficient (Wildman–Crippen LogP) is 4.63. The highest BCUT2D eigenvalue weighted by Crippen LogP contribution is 2.21. The van der Waals surface area contributed by atoms with E-state index in [1.54, 1.807) is 81.4 Å². The summed E-state index contributed by atoms with van der Waals surface area (Å²) in [7, 11) is 0. The lowest BCUT2D eigenvalue weighted by molar-refractivity contribution is -0.147. The summed E-state index contributed by atoms with van der Waals surface area (Å²) in [6, 6.07) is 26.8. The Bertz CT molecular complexity index is 2420. The molecular formula is C47H51N5O10. The van der Waals surface area contributed by atoms with Crippen molar-refractivity contribution < 1.29 is 42.7 Å². The highest BCUT2D eigenvalue weighted by atomic mass is 16.5. The Hall–Kier alpha value is -7.29. The van der Waals surface area contributed by atoms with Crippen molar-refractivity contribution in [2.24, 2.45) is 5.92 Å². The summed E-state index contributed by atoms with van der Waals surface area (Å²) in [6.07, 6.45) is -0.453. The molecule has 0 aliphatic rings. The van der Waals surface area contributed by atoms with Gasteiger partial charge in [0.15, 0.2) is 0 Å². The van der Waals surface area contributed by atoms with E-state index in [4.69, 9.17) is 13.9 Å². The molecule has 0 spiro atoms. The third-order valence-electron chi connectivity index (χ3n) is 9.77. The fraction of sp³-hybridized carbons (Fsp3) is 0.298. The highest BCUT2D eigenvalue weighted by molar-refractivity contribution is 6.01. The molecule has 5 amide bonds. The maximum Gasteiger partial charge on any atom is 0.336 e. The number of hydrogen-bond donors (Lipinski definition) is 5. The zero-order chi connectivity index (χ0) is 44.8. The molecule has 0 fully saturated rings. The molecule has 15 nitrogen and oxygen atoms in total. The van der Waals surface area contributed by atoms with Gasteiger partial charge in [0.1, 0.15) is 48.7 Å². The van der Waals surface area contributed by atoms with E-state index in [1.807, 2.05) is 36.4 Å². The van der Waals surface area contributed by atoms with Crippen LogP contribution in [0.3, 0.4) is 0 Å². The van der Waals surface area contributed by atoms with Gasteiger partial charge in [-0.15, -0.1) is 0 Å². The second kappa shape index (κ2) is 21.8. The monoisotopic (exact) mass is 845 g/mol. The second-order valence-corrected chi connectivity index (χ2v) is 15.2. The Morgan fingerprint density at radius 3 is 1.92 bits per heavy atom. The lowest BCUT2D eigenvalue weighted by Crippen LogP contribution is -2.59. The minimum Gasteiger partial charge on any atom is -0.489 e. The molecule has 62 heavy (non-hydrogen) atoms. The van der Waals surface area contributed by atoms with Crippen LogP contribution < -0.4 is 36.9 Å². The molecule has 5 aromatic rings. The van der Waals surface area contributed by atoms with Gasteiger partial charge in [0.05, 0.1) is 6.42 Å². The highest BCUT2D eigenvalue weighted by Gasteiger charge is 2.32. The van der Waals surface area contributed by atoms with Gasteiger partial charge in [-0.3, -0.25) is 28.8 Å². The van der Waals surface area contributed by atoms with Crippen molar-refractivity contribution in [3.05, 3.63) is 142 Å². The number of hydrogen-bond acceptors (Lipinski definition) is 10. The first-order valence-electron chi connectivity index (χ1n) is 20.1. The van der Waals surface area contributed by atoms with E-state index in [-0.39, 0.29) is 24.3 Å². The topological polar surface area (TPSA) is 211 Å². The van der Waals surface area contributed by atoms with E-state index < -0.39 is 77.6 Å². The van der Waals surface area contributed by atoms with Gasteiger partial charge < -0.3 is 40.5 Å². The fourth-order valence-electron chi connectivity index (χ4n) is 6.41. The molecule has 5 rings (SSSR count). The third-order valence-corrected chi connectivity index (χ3v) is 9.77. The van der Waals surface area contributed by atoms with Crippen LogP contribution in [-0.4, -0.2) is 59.7 Å². The average molecular weight is 846 g/mol. The SMILES string of the molecule is CC(=O)N[C@@H](Cc1ccc(OCc2ccccc2)cc1)C(=O)N[C@H](C(=O)N[C@@H](C)C(=O)N[C@@H](CC(=O)OCc1ccccc1)C(=O)Nc1ccc2c(C)cc(=O)oc2c1)C(C)C. The maximum absolute atomic E-state index is 13.7. The molecule has 0 unspecified atom stereocenters. The molecule has 5 N–H and O–H groups in total. The van der Waals surface area contributed by atoms with E-state index in [2.05, 4.69) is 26.6 Å². The standard InChI is InChI=1S/C47H51N5O10/c1-28(2)43(52-46(58)38(49-31(5)53)23-32-16-19-36(20-17-32)60-26-33-12-8-6-9-13-33)47(59)48-30(4)44(56)51-39(25-41(54)61-27-34-14-10-7-11-15-34)45(57)50-35-18-21-37-29(3)22-42(55)62-40(37)24-35/h6-22,24,28,30,38-39,43H,23,25-27H2,1-5H3,(H,48,59)(H,49,53)(H,50,57)(H,51,56)(H,52,58)/t30-,38-,39-,43-/m0/s1. The number of carbonyl (C=O) groups is 6. The molecule has 0 aliphatic carbocycles. The van der Waals surface area contributed by atoms with E-state index in [0.29, 0.717) is 28.9 Å². The lowest BCUT2D eigenvalue weighted by atomic mass is 10.0. The van der Waals surface area contributed by atoms with Crippen LogP contribution in [0.4, 0.5) is 5.69 Å². The van der Waals surface area contributed by atoms with Crippen molar-refractivity contribution >= 4 is 52.2 Å². The zero-order valence-corrected chi connectivity index (χ0v) is 35.2. The van der Waals surface area contributed by atoms with Crippen molar-refractivity contribution in [1.29, 1.82) is 0 Å². The van der Waals surface area contributed by atoms with Crippen LogP contribution in [0.25, 0.3) is 11.0 Å². The number of carbonyl (C=O) groups excluding carboxylic acids is 6. The molecule has 0 saturated heterocycles. The van der Waals surface area contributed by atoms with E-state index in [9.17, 15) is 33.6 Å². The Balaban J connectivity index is 1.23. The van der Waals surface area contributed by atoms with Gasteiger partial charge in [0.25, 0.3) is 0 Å². The summed E-state index contributed by atoms with van der Waals surface area (Å²) in [5, 5.41) is 13.8. The van der Waals surface area contributed by atoms with Gasteiger partial charge in [-0.05, 0) is 66.3 Å². The number of rotatable bonds is 19. The number of aryl methyl sites for hydroxylation is 1. The molecule has 324 valence electrons. The summed E-state index contributed by atoms with van der Waals surface area (Å²) < 4.78 is 16.6. The molecule has 4 atom stereocenters. The number of ether oxygens (including phenoxy) is 2. The molecular weight excluding hydrogens is 795 g/mol. The number of esters is 1. The minimum absolute atomic E-state index is 0.0704. The Morgan fingerprint density at radius 1 is 0.645 bits per heavy atom. The molecule has 4 aromatic carbocycles. The normalized spacial score (nSPS) is 12.9. The van der Waals surface area contributed by atoms with Gasteiger partial charge in [0.2, 0.25) is 29.5 Å². The van der Waals surface area contributed by atoms with E-state index >= 15 is 0 Å². The van der Waals surface area contributed by atoms with Crippen LogP contribution in [0.1, 0.15) is 56.4 Å². The van der Waals surface area contributed by atoms with Crippen LogP contribution >= 0.6 is 0 Å². The van der Waals surface area contributed by atoms with Gasteiger partial charge in [-0.2, -0.15) is 0 Å². The van der Waals surface area contributed by atoms with Crippen LogP contribution in [0.5, 0.6) is 5.75 Å². The minimum atomic E-state index is -1.46. The number of fused-ring (bicyclic) bond motifs is 1. The summed E-state index contributed by atoms with van der Waals surface area (Å²) in [6.45, 7) is 8.14. The maximum atomic E-state index is 13.7. The first-order chi connectivity index (χ1) is 29.6. The molecule has 0 aliphatic heterocycles. The lowest BCUT2D eigenvalue weighted by Gasteiger charge is -2.27. The number of benzene rings is 4. The summed E-state index contributed by atoms with van der Waals surface area (Å²) >= 11 is 0. The van der Waals surface area contributed by atoms with Crippen molar-refractivity contribution in [1.82, 2.24) is 21.3 Å². The quantitative estimate of drug-likeness (QED) is 0.0575. The Labute approximate surface area is 358 Å². The van der Waals surface area contributed by atoms with Crippen molar-refractivity contribution in [3.63, 3.8) is 0 Å². The second-order valence-electron chi connectivity index (χ2n) is 15.2. The molecule has 1 aromatic heterocycles. The zero-order valence-electron chi connectivity index (χ0n) is 35.2. The summed E-state index contributed by atoms with van der Waals surface area (Å²) in [5.41, 5.74) is 3.01. The van der Waals surface area contributed by atoms with E-state index in [1.165, 1.54) is 26.0 Å². The number of amides is 5. The number of anilines is 1. The molecule has 0 saturated carbocycles. The van der Waals surface area contributed by atoms with Gasteiger partial charge in [-0.25, -0.2) is 4.79 Å². The smallest absolute Gasteiger partial charge is 0.336 e. The van der Waals surface area contributed by atoms with Crippen LogP contribution in [0.15, 0.2) is 118 Å². The van der Waals surface area contributed by atoms with Crippen LogP contribution in [-0.2, 0) is 53.1 Å². The molecule has 0 radical (unpaired) electrons. The molecule has 0 bridgehead atoms. The summed E-state index contributed by atoms with van der Waals surface area (Å²) in [5.74, 6) is -3.98. The van der Waals surface area contributed by atoms with Crippen molar-refractivity contribution in [2.75, 3.05) is 5.32 Å². The Kier molecular flexibility index (Phi) is 16.1. The molecule has 15 heteroatoms. The van der Waals surface area contributed by atoms with E-state index in [0.717, 1.165) is 11.1 Å². The largest absolute Gasteiger partial charge is 0.489 e. The third kappa shape index (κ3) is 13.6. The first-order valence-corrected chi connectivity index (χ1v) is 20.1. The Morgan fingerprint density at radius 2 is 1.29 bits per heavy atom. The fourth-order valence-corrected chi connectivity index (χ4v) is 6.41. The number of nitrogens with one attached hydrogen (secondary N) is 5. The van der Waals surface area contributed by atoms with Crippen molar-refractivity contribution in [3.8, 4) is 5.75 Å². The van der Waals surface area contributed by atoms with Crippen LogP contribution in [0, 0.1) is 12.8 Å². The van der Waals surface area contributed by atoms with Crippen molar-refractivity contribution in [2.45, 2.75) is 84.8 Å². The predicted molar refractivity (Wildman–Crippen MR) is 232 cm³/mol. The van der Waals surface area contributed by atoms with Gasteiger partial charge in [-0.1, -0.05) is 86.6 Å². The van der Waals surface area contributed by atoms with Gasteiger partial charge in [0, 0.05) is 36.6 Å².